The second-order valence-corrected chi connectivity index (χ2v) is 6.48. The quantitative estimate of drug-likeness (QED) is 0.447. The van der Waals surface area contributed by atoms with Crippen LogP contribution in [-0.4, -0.2) is 16.5 Å². The molecule has 0 aliphatic rings. The van der Waals surface area contributed by atoms with E-state index in [-0.39, 0.29) is 0 Å². The second-order valence-electron chi connectivity index (χ2n) is 6.48. The van der Waals surface area contributed by atoms with Gasteiger partial charge >= 0.3 is 0 Å². The van der Waals surface area contributed by atoms with Crippen LogP contribution in [0, 0.1) is 6.92 Å². The summed E-state index contributed by atoms with van der Waals surface area (Å²) >= 11 is 0. The highest BCUT2D eigenvalue weighted by molar-refractivity contribution is 5.83. The Morgan fingerprint density at radius 1 is 0.885 bits per heavy atom. The molecule has 2 aromatic heterocycles. The van der Waals surface area contributed by atoms with E-state index in [1.807, 2.05) is 12.1 Å². The van der Waals surface area contributed by atoms with Crippen molar-refractivity contribution in [2.75, 3.05) is 17.2 Å². The van der Waals surface area contributed by atoms with E-state index in [9.17, 15) is 0 Å². The minimum atomic E-state index is 0.901. The average Bonchev–Trinajstić information content (AvgIpc) is 3.06. The van der Waals surface area contributed by atoms with Gasteiger partial charge in [0.05, 0.1) is 0 Å². The van der Waals surface area contributed by atoms with Gasteiger partial charge in [0.25, 0.3) is 0 Å². The fourth-order valence-corrected chi connectivity index (χ4v) is 3.12. The van der Waals surface area contributed by atoms with Gasteiger partial charge in [-0.15, -0.1) is 0 Å². The smallest absolute Gasteiger partial charge is 0.0459 e. The van der Waals surface area contributed by atoms with Gasteiger partial charge in [-0.3, -0.25) is 4.98 Å². The van der Waals surface area contributed by atoms with Crippen molar-refractivity contribution >= 4 is 28.0 Å². The minimum Gasteiger partial charge on any atom is -0.385 e. The Hall–Kier alpha value is -3.27. The topological polar surface area (TPSA) is 52.7 Å². The molecule has 4 aromatic rings. The van der Waals surface area contributed by atoms with E-state index in [0.717, 1.165) is 30.0 Å². The minimum absolute atomic E-state index is 0.901. The zero-order chi connectivity index (χ0) is 17.8. The van der Waals surface area contributed by atoms with Crippen molar-refractivity contribution in [3.8, 4) is 0 Å². The van der Waals surface area contributed by atoms with Crippen LogP contribution in [0.5, 0.6) is 0 Å². The number of aromatic nitrogens is 2. The van der Waals surface area contributed by atoms with Gasteiger partial charge in [0.1, 0.15) is 0 Å². The lowest BCUT2D eigenvalue weighted by atomic mass is 10.1. The number of aryl methyl sites for hydroxylation is 1. The molecule has 0 aliphatic heterocycles. The van der Waals surface area contributed by atoms with Crippen LogP contribution in [0.15, 0.2) is 73.2 Å². The Morgan fingerprint density at radius 2 is 1.62 bits per heavy atom. The lowest BCUT2D eigenvalue weighted by Gasteiger charge is -2.09. The zero-order valence-electron chi connectivity index (χ0n) is 14.8. The van der Waals surface area contributed by atoms with Gasteiger partial charge in [-0.25, -0.2) is 0 Å². The van der Waals surface area contributed by atoms with Crippen LogP contribution in [0.3, 0.4) is 0 Å². The normalized spacial score (nSPS) is 10.8. The van der Waals surface area contributed by atoms with Gasteiger partial charge in [-0.05, 0) is 66.9 Å². The molecule has 0 aliphatic carbocycles. The first-order valence-corrected chi connectivity index (χ1v) is 8.85. The Kier molecular flexibility index (Phi) is 4.56. The maximum Gasteiger partial charge on any atom is 0.0459 e. The molecule has 0 radical (unpaired) electrons. The first-order valence-electron chi connectivity index (χ1n) is 8.85. The van der Waals surface area contributed by atoms with Crippen molar-refractivity contribution in [2.45, 2.75) is 13.3 Å². The predicted octanol–water partition coefficient (Wildman–Crippen LogP) is 5.27. The van der Waals surface area contributed by atoms with Gasteiger partial charge in [-0.2, -0.15) is 0 Å². The highest BCUT2D eigenvalue weighted by Crippen LogP contribution is 2.21. The summed E-state index contributed by atoms with van der Waals surface area (Å²) in [5.74, 6) is 0. The standard InChI is InChI=1S/C22H22N4/c1-16-2-7-21-17(15-25-22(21)14-16)8-13-24-18-3-5-19(6-4-18)26-20-9-11-23-12-10-20/h2-7,9-12,14-15,24-25H,8,13H2,1H3,(H,23,26). The van der Waals surface area contributed by atoms with Crippen LogP contribution in [0.4, 0.5) is 17.1 Å². The number of aromatic amines is 1. The van der Waals surface area contributed by atoms with Crippen molar-refractivity contribution in [3.63, 3.8) is 0 Å². The molecule has 4 rings (SSSR count). The molecule has 0 amide bonds. The molecule has 0 atom stereocenters. The van der Waals surface area contributed by atoms with E-state index >= 15 is 0 Å². The molecule has 0 unspecified atom stereocenters. The first kappa shape index (κ1) is 16.2. The fraction of sp³-hybridized carbons (Fsp3) is 0.136. The number of fused-ring (bicyclic) bond motifs is 1. The molecule has 0 spiro atoms. The van der Waals surface area contributed by atoms with Crippen LogP contribution in [-0.2, 0) is 6.42 Å². The summed E-state index contributed by atoms with van der Waals surface area (Å²) in [5, 5.41) is 8.17. The van der Waals surface area contributed by atoms with Gasteiger partial charge < -0.3 is 15.6 Å². The molecule has 4 heteroatoms. The fourth-order valence-electron chi connectivity index (χ4n) is 3.12. The molecular weight excluding hydrogens is 320 g/mol. The van der Waals surface area contributed by atoms with E-state index in [1.165, 1.54) is 22.0 Å². The number of rotatable bonds is 6. The molecule has 2 heterocycles. The van der Waals surface area contributed by atoms with Crippen LogP contribution < -0.4 is 10.6 Å². The highest BCUT2D eigenvalue weighted by Gasteiger charge is 2.03. The van der Waals surface area contributed by atoms with Crippen molar-refractivity contribution in [2.24, 2.45) is 0 Å². The number of hydrogen-bond acceptors (Lipinski definition) is 3. The van der Waals surface area contributed by atoms with Crippen LogP contribution in [0.1, 0.15) is 11.1 Å². The number of benzene rings is 2. The van der Waals surface area contributed by atoms with E-state index in [4.69, 9.17) is 0 Å². The first-order chi connectivity index (χ1) is 12.8. The lowest BCUT2D eigenvalue weighted by molar-refractivity contribution is 1.03. The molecule has 3 N–H and O–H groups in total. The van der Waals surface area contributed by atoms with Crippen LogP contribution in [0.2, 0.25) is 0 Å². The largest absolute Gasteiger partial charge is 0.385 e. The summed E-state index contributed by atoms with van der Waals surface area (Å²) in [7, 11) is 0. The van der Waals surface area contributed by atoms with Gasteiger partial charge in [-0.1, -0.05) is 12.1 Å². The van der Waals surface area contributed by atoms with Crippen molar-refractivity contribution in [3.05, 3.63) is 84.3 Å². The Bertz CT molecular complexity index is 988. The number of hydrogen-bond donors (Lipinski definition) is 3. The van der Waals surface area contributed by atoms with Gasteiger partial charge in [0, 0.05) is 53.1 Å². The van der Waals surface area contributed by atoms with Gasteiger partial charge in [0.2, 0.25) is 0 Å². The molecular formula is C22H22N4. The lowest BCUT2D eigenvalue weighted by Crippen LogP contribution is -2.04. The maximum absolute atomic E-state index is 4.03. The average molecular weight is 342 g/mol. The predicted molar refractivity (Wildman–Crippen MR) is 109 cm³/mol. The number of nitrogens with zero attached hydrogens (tertiary/aromatic N) is 1. The molecule has 4 nitrogen and oxygen atoms in total. The summed E-state index contributed by atoms with van der Waals surface area (Å²) in [6, 6.07) is 18.8. The molecule has 0 bridgehead atoms. The zero-order valence-corrected chi connectivity index (χ0v) is 14.8. The third-order valence-electron chi connectivity index (χ3n) is 4.50. The number of H-pyrrole nitrogens is 1. The Balaban J connectivity index is 1.34. The summed E-state index contributed by atoms with van der Waals surface area (Å²) in [5.41, 5.74) is 7.07. The van der Waals surface area contributed by atoms with Gasteiger partial charge in [0.15, 0.2) is 0 Å². The molecule has 0 fully saturated rings. The summed E-state index contributed by atoms with van der Waals surface area (Å²) in [6.07, 6.45) is 6.67. The van der Waals surface area contributed by atoms with E-state index in [0.29, 0.717) is 0 Å². The van der Waals surface area contributed by atoms with Crippen molar-refractivity contribution < 1.29 is 0 Å². The Morgan fingerprint density at radius 3 is 2.42 bits per heavy atom. The number of nitrogens with one attached hydrogen (secondary N) is 3. The molecule has 26 heavy (non-hydrogen) atoms. The SMILES string of the molecule is Cc1ccc2c(CCNc3ccc(Nc4ccncc4)cc3)c[nH]c2c1. The third kappa shape index (κ3) is 3.70. The molecule has 0 saturated heterocycles. The molecule has 0 saturated carbocycles. The van der Waals surface area contributed by atoms with Crippen LogP contribution in [0.25, 0.3) is 10.9 Å². The van der Waals surface area contributed by atoms with Crippen molar-refractivity contribution in [1.29, 1.82) is 0 Å². The second kappa shape index (κ2) is 7.31. The number of pyridine rings is 1. The van der Waals surface area contributed by atoms with E-state index in [2.05, 4.69) is 76.2 Å². The monoisotopic (exact) mass is 342 g/mol. The summed E-state index contributed by atoms with van der Waals surface area (Å²) in [6.45, 7) is 3.02. The van der Waals surface area contributed by atoms with E-state index < -0.39 is 0 Å². The summed E-state index contributed by atoms with van der Waals surface area (Å²) < 4.78 is 0. The highest BCUT2D eigenvalue weighted by atomic mass is 14.9. The number of anilines is 3. The molecule has 130 valence electrons. The third-order valence-corrected chi connectivity index (χ3v) is 4.50. The molecule has 2 aromatic carbocycles. The van der Waals surface area contributed by atoms with Crippen LogP contribution >= 0.6 is 0 Å². The Labute approximate surface area is 153 Å². The summed E-state index contributed by atoms with van der Waals surface area (Å²) in [4.78, 5) is 7.39. The van der Waals surface area contributed by atoms with Crippen molar-refractivity contribution in [1.82, 2.24) is 9.97 Å². The van der Waals surface area contributed by atoms with E-state index in [1.54, 1.807) is 12.4 Å². The maximum atomic E-state index is 4.03.